The molecule has 4 unspecified atom stereocenters. The Hall–Kier alpha value is -2.77. The number of aliphatic hydroxyl groups is 1. The normalized spacial score (nSPS) is 14.7. The maximum atomic E-state index is 12.6. The number of rotatable bonds is 16. The molecule has 0 bridgehead atoms. The first-order valence-corrected chi connectivity index (χ1v) is 10.4. The van der Waals surface area contributed by atoms with Crippen molar-refractivity contribution in [1.29, 1.82) is 0 Å². The molecule has 0 heterocycles. The lowest BCUT2D eigenvalue weighted by Crippen LogP contribution is -2.59. The molecule has 0 aromatic carbocycles. The van der Waals surface area contributed by atoms with Crippen molar-refractivity contribution in [3.05, 3.63) is 0 Å². The SMILES string of the molecule is CC(C)C(NC(=O)C(CO)NC(=O)C(N)CCCCN)C(=O)NC(CCC(N)=O)C(=O)O. The molecular weight excluding hydrogens is 424 g/mol. The van der Waals surface area contributed by atoms with Crippen LogP contribution in [-0.4, -0.2) is 77.1 Å². The first-order valence-electron chi connectivity index (χ1n) is 10.4. The van der Waals surface area contributed by atoms with Crippen LogP contribution in [0.3, 0.4) is 0 Å². The van der Waals surface area contributed by atoms with Crippen molar-refractivity contribution in [2.24, 2.45) is 23.1 Å². The summed E-state index contributed by atoms with van der Waals surface area (Å²) in [5.74, 6) is -4.82. The number of hydrogen-bond acceptors (Lipinski definition) is 8. The summed E-state index contributed by atoms with van der Waals surface area (Å²) in [6, 6.07) is -4.80. The molecule has 0 aromatic rings. The zero-order valence-electron chi connectivity index (χ0n) is 18.5. The van der Waals surface area contributed by atoms with E-state index in [1.54, 1.807) is 13.8 Å². The van der Waals surface area contributed by atoms with Gasteiger partial charge in [-0.05, 0) is 31.7 Å². The van der Waals surface area contributed by atoms with E-state index in [-0.39, 0.29) is 12.8 Å². The van der Waals surface area contributed by atoms with Crippen molar-refractivity contribution in [2.75, 3.05) is 13.2 Å². The van der Waals surface area contributed by atoms with E-state index >= 15 is 0 Å². The van der Waals surface area contributed by atoms with E-state index in [2.05, 4.69) is 16.0 Å². The Balaban J connectivity index is 5.09. The van der Waals surface area contributed by atoms with Crippen LogP contribution < -0.4 is 33.2 Å². The molecule has 4 amide bonds. The summed E-state index contributed by atoms with van der Waals surface area (Å²) >= 11 is 0. The van der Waals surface area contributed by atoms with Crippen LogP contribution in [-0.2, 0) is 24.0 Å². The molecule has 4 atom stereocenters. The molecule has 0 rings (SSSR count). The number of nitrogens with one attached hydrogen (secondary N) is 3. The molecule has 0 aromatic heterocycles. The van der Waals surface area contributed by atoms with E-state index in [0.29, 0.717) is 25.8 Å². The fourth-order valence-corrected chi connectivity index (χ4v) is 2.71. The fraction of sp³-hybridized carbons (Fsp3) is 0.737. The Kier molecular flexibility index (Phi) is 13.8. The Bertz CT molecular complexity index is 658. The monoisotopic (exact) mass is 460 g/mol. The van der Waals surface area contributed by atoms with Gasteiger partial charge >= 0.3 is 5.97 Å². The van der Waals surface area contributed by atoms with Gasteiger partial charge in [-0.3, -0.25) is 19.2 Å². The van der Waals surface area contributed by atoms with Crippen LogP contribution in [0.4, 0.5) is 0 Å². The van der Waals surface area contributed by atoms with Crippen molar-refractivity contribution < 1.29 is 34.2 Å². The quantitative estimate of drug-likeness (QED) is 0.109. The second-order valence-electron chi connectivity index (χ2n) is 7.77. The van der Waals surface area contributed by atoms with Gasteiger partial charge in [-0.2, -0.15) is 0 Å². The van der Waals surface area contributed by atoms with Gasteiger partial charge in [0, 0.05) is 6.42 Å². The summed E-state index contributed by atoms with van der Waals surface area (Å²) in [5.41, 5.74) is 16.2. The number of carboxylic acid groups (broad SMARTS) is 1. The zero-order valence-corrected chi connectivity index (χ0v) is 18.5. The minimum atomic E-state index is -1.38. The highest BCUT2D eigenvalue weighted by Crippen LogP contribution is 2.06. The third-order valence-electron chi connectivity index (χ3n) is 4.66. The first-order chi connectivity index (χ1) is 14.9. The number of nitrogens with two attached hydrogens (primary N) is 3. The summed E-state index contributed by atoms with van der Waals surface area (Å²) in [4.78, 5) is 59.5. The van der Waals surface area contributed by atoms with E-state index in [1.807, 2.05) is 0 Å². The van der Waals surface area contributed by atoms with E-state index in [0.717, 1.165) is 0 Å². The van der Waals surface area contributed by atoms with Crippen LogP contribution in [0.2, 0.25) is 0 Å². The summed E-state index contributed by atoms with van der Waals surface area (Å²) in [6.07, 6.45) is 1.19. The molecule has 13 heteroatoms. The number of hydrogen-bond donors (Lipinski definition) is 8. The lowest BCUT2D eigenvalue weighted by molar-refractivity contribution is -0.143. The summed E-state index contributed by atoms with van der Waals surface area (Å²) in [6.45, 7) is 2.95. The van der Waals surface area contributed by atoms with Gasteiger partial charge < -0.3 is 43.4 Å². The molecule has 11 N–H and O–H groups in total. The van der Waals surface area contributed by atoms with Crippen molar-refractivity contribution in [3.8, 4) is 0 Å². The van der Waals surface area contributed by atoms with Crippen LogP contribution in [0.25, 0.3) is 0 Å². The van der Waals surface area contributed by atoms with Gasteiger partial charge in [0.1, 0.15) is 18.1 Å². The van der Waals surface area contributed by atoms with Crippen molar-refractivity contribution in [2.45, 2.75) is 70.1 Å². The Morgan fingerprint density at radius 1 is 0.875 bits per heavy atom. The average Bonchev–Trinajstić information content (AvgIpc) is 2.71. The molecule has 0 radical (unpaired) electrons. The molecular formula is C19H36N6O7. The van der Waals surface area contributed by atoms with Gasteiger partial charge in [-0.15, -0.1) is 0 Å². The largest absolute Gasteiger partial charge is 0.480 e. The molecule has 0 saturated heterocycles. The number of aliphatic hydroxyl groups excluding tert-OH is 1. The maximum absolute atomic E-state index is 12.6. The van der Waals surface area contributed by atoms with Crippen molar-refractivity contribution in [3.63, 3.8) is 0 Å². The molecule has 0 saturated carbocycles. The van der Waals surface area contributed by atoms with Gasteiger partial charge in [-0.1, -0.05) is 20.3 Å². The highest BCUT2D eigenvalue weighted by atomic mass is 16.4. The standard InChI is InChI=1S/C19H36N6O7/c1-10(2)15(18(30)23-12(19(31)32)6-7-14(22)27)25-17(29)13(9-26)24-16(28)11(21)5-3-4-8-20/h10-13,15,26H,3-9,20-21H2,1-2H3,(H2,22,27)(H,23,30)(H,24,28)(H,25,29)(H,31,32). The number of carbonyl (C=O) groups is 5. The van der Waals surface area contributed by atoms with E-state index in [4.69, 9.17) is 17.2 Å². The Labute approximate surface area is 186 Å². The molecule has 0 aliphatic rings. The van der Waals surface area contributed by atoms with Gasteiger partial charge in [0.05, 0.1) is 12.6 Å². The predicted octanol–water partition coefficient (Wildman–Crippen LogP) is -3.10. The highest BCUT2D eigenvalue weighted by molar-refractivity contribution is 5.94. The third-order valence-corrected chi connectivity index (χ3v) is 4.66. The molecule has 0 aliphatic carbocycles. The number of carboxylic acids is 1. The zero-order chi connectivity index (χ0) is 24.8. The maximum Gasteiger partial charge on any atom is 0.326 e. The number of amides is 4. The second kappa shape index (κ2) is 15.1. The molecule has 184 valence electrons. The molecule has 13 nitrogen and oxygen atoms in total. The van der Waals surface area contributed by atoms with Crippen LogP contribution in [0.15, 0.2) is 0 Å². The minimum Gasteiger partial charge on any atom is -0.480 e. The van der Waals surface area contributed by atoms with Crippen molar-refractivity contribution >= 4 is 29.6 Å². The van der Waals surface area contributed by atoms with Crippen LogP contribution in [0.5, 0.6) is 0 Å². The number of primary amides is 1. The van der Waals surface area contributed by atoms with Gasteiger partial charge in [0.25, 0.3) is 0 Å². The smallest absolute Gasteiger partial charge is 0.326 e. The van der Waals surface area contributed by atoms with Crippen molar-refractivity contribution in [1.82, 2.24) is 16.0 Å². The van der Waals surface area contributed by atoms with Gasteiger partial charge in [0.15, 0.2) is 0 Å². The highest BCUT2D eigenvalue weighted by Gasteiger charge is 2.31. The van der Waals surface area contributed by atoms with Crippen LogP contribution in [0.1, 0.15) is 46.0 Å². The van der Waals surface area contributed by atoms with Crippen LogP contribution in [0, 0.1) is 5.92 Å². The number of unbranched alkanes of at least 4 members (excludes halogenated alkanes) is 1. The minimum absolute atomic E-state index is 0.216. The first kappa shape index (κ1) is 29.2. The van der Waals surface area contributed by atoms with Crippen LogP contribution >= 0.6 is 0 Å². The lowest BCUT2D eigenvalue weighted by atomic mass is 10.0. The van der Waals surface area contributed by atoms with E-state index in [1.165, 1.54) is 0 Å². The molecule has 0 fully saturated rings. The van der Waals surface area contributed by atoms with E-state index in [9.17, 15) is 34.2 Å². The Morgan fingerprint density at radius 3 is 1.94 bits per heavy atom. The molecule has 0 spiro atoms. The second-order valence-corrected chi connectivity index (χ2v) is 7.77. The van der Waals surface area contributed by atoms with E-state index < -0.39 is 66.3 Å². The topological polar surface area (TPSA) is 240 Å². The predicted molar refractivity (Wildman–Crippen MR) is 115 cm³/mol. The lowest BCUT2D eigenvalue weighted by Gasteiger charge is -2.26. The third kappa shape index (κ3) is 11.0. The van der Waals surface area contributed by atoms with Gasteiger partial charge in [0.2, 0.25) is 23.6 Å². The average molecular weight is 461 g/mol. The molecule has 0 aliphatic heterocycles. The summed E-state index contributed by atoms with van der Waals surface area (Å²) < 4.78 is 0. The fourth-order valence-electron chi connectivity index (χ4n) is 2.71. The van der Waals surface area contributed by atoms with Gasteiger partial charge in [-0.25, -0.2) is 4.79 Å². The number of aliphatic carboxylic acids is 1. The Morgan fingerprint density at radius 2 is 1.47 bits per heavy atom. The summed E-state index contributed by atoms with van der Waals surface area (Å²) in [7, 11) is 0. The number of carbonyl (C=O) groups excluding carboxylic acids is 4. The molecule has 32 heavy (non-hydrogen) atoms. The summed E-state index contributed by atoms with van der Waals surface area (Å²) in [5, 5.41) is 25.8.